The normalized spacial score (nSPS) is 11.7. The van der Waals surface area contributed by atoms with E-state index in [0.29, 0.717) is 5.56 Å². The van der Waals surface area contributed by atoms with E-state index in [4.69, 9.17) is 4.74 Å². The Labute approximate surface area is 170 Å². The molecule has 0 aliphatic carbocycles. The quantitative estimate of drug-likeness (QED) is 0.599. The van der Waals surface area contributed by atoms with Crippen molar-refractivity contribution in [1.82, 2.24) is 14.7 Å². The largest absolute Gasteiger partial charge is 0.452 e. The molecule has 0 N–H and O–H groups in total. The van der Waals surface area contributed by atoms with Crippen molar-refractivity contribution in [2.45, 2.75) is 26.8 Å². The van der Waals surface area contributed by atoms with E-state index in [0.717, 1.165) is 22.6 Å². The first-order valence-electron chi connectivity index (χ1n) is 9.48. The lowest BCUT2D eigenvalue weighted by Crippen LogP contribution is -2.33. The van der Waals surface area contributed by atoms with Gasteiger partial charge in [0.25, 0.3) is 5.91 Å². The molecule has 0 saturated heterocycles. The van der Waals surface area contributed by atoms with Gasteiger partial charge in [-0.25, -0.2) is 9.48 Å². The number of hydrogen-bond acceptors (Lipinski definition) is 4. The Bertz CT molecular complexity index is 994. The van der Waals surface area contributed by atoms with Gasteiger partial charge < -0.3 is 9.64 Å². The van der Waals surface area contributed by atoms with E-state index in [1.165, 1.54) is 0 Å². The fourth-order valence-corrected chi connectivity index (χ4v) is 3.11. The van der Waals surface area contributed by atoms with Crippen molar-refractivity contribution >= 4 is 11.9 Å². The third-order valence-corrected chi connectivity index (χ3v) is 4.94. The maximum atomic E-state index is 12.4. The van der Waals surface area contributed by atoms with E-state index in [2.05, 4.69) is 5.10 Å². The lowest BCUT2D eigenvalue weighted by molar-refractivity contribution is -0.135. The zero-order valence-electron chi connectivity index (χ0n) is 17.1. The van der Waals surface area contributed by atoms with Crippen molar-refractivity contribution in [3.05, 3.63) is 83.2 Å². The van der Waals surface area contributed by atoms with Crippen molar-refractivity contribution in [3.8, 4) is 5.69 Å². The standard InChI is InChI=1S/C23H25N3O3/c1-16-14-17(2)26(24-16)21-12-10-20(11-13-21)23(28)29-15-22(27)25(4)18(3)19-8-6-5-7-9-19/h5-14,18H,15H2,1-4H3. The molecule has 6 nitrogen and oxygen atoms in total. The van der Waals surface area contributed by atoms with Crippen molar-refractivity contribution in [1.29, 1.82) is 0 Å². The van der Waals surface area contributed by atoms with E-state index in [1.807, 2.05) is 74.0 Å². The molecular formula is C23H25N3O3. The lowest BCUT2D eigenvalue weighted by Gasteiger charge is -2.25. The summed E-state index contributed by atoms with van der Waals surface area (Å²) >= 11 is 0. The van der Waals surface area contributed by atoms with Gasteiger partial charge in [0.2, 0.25) is 0 Å². The first-order valence-corrected chi connectivity index (χ1v) is 9.48. The molecule has 0 fully saturated rings. The predicted octanol–water partition coefficient (Wildman–Crippen LogP) is 3.87. The van der Waals surface area contributed by atoms with Crippen molar-refractivity contribution in [3.63, 3.8) is 0 Å². The maximum Gasteiger partial charge on any atom is 0.338 e. The average Bonchev–Trinajstić information content (AvgIpc) is 3.09. The molecule has 29 heavy (non-hydrogen) atoms. The minimum Gasteiger partial charge on any atom is -0.452 e. The van der Waals surface area contributed by atoms with Gasteiger partial charge in [0.1, 0.15) is 0 Å². The minimum absolute atomic E-state index is 0.109. The van der Waals surface area contributed by atoms with E-state index < -0.39 is 5.97 Å². The number of benzene rings is 2. The molecule has 1 unspecified atom stereocenters. The van der Waals surface area contributed by atoms with Gasteiger partial charge in [0.05, 0.1) is 23.0 Å². The van der Waals surface area contributed by atoms with E-state index in [1.54, 1.807) is 24.1 Å². The number of ether oxygens (including phenoxy) is 1. The van der Waals surface area contributed by atoms with Crippen LogP contribution in [0.5, 0.6) is 0 Å². The summed E-state index contributed by atoms with van der Waals surface area (Å²) in [6, 6.07) is 18.6. The molecular weight excluding hydrogens is 366 g/mol. The molecule has 0 spiro atoms. The fourth-order valence-electron chi connectivity index (χ4n) is 3.11. The van der Waals surface area contributed by atoms with Gasteiger partial charge >= 0.3 is 5.97 Å². The van der Waals surface area contributed by atoms with Crippen molar-refractivity contribution in [2.75, 3.05) is 13.7 Å². The molecule has 150 valence electrons. The highest BCUT2D eigenvalue weighted by atomic mass is 16.5. The van der Waals surface area contributed by atoms with Crippen LogP contribution in [0.4, 0.5) is 0 Å². The second-order valence-electron chi connectivity index (χ2n) is 7.05. The number of aromatic nitrogens is 2. The van der Waals surface area contributed by atoms with Gasteiger partial charge in [-0.15, -0.1) is 0 Å². The van der Waals surface area contributed by atoms with Crippen LogP contribution in [-0.4, -0.2) is 40.2 Å². The van der Waals surface area contributed by atoms with Crippen LogP contribution in [0.25, 0.3) is 5.69 Å². The Morgan fingerprint density at radius 1 is 1.07 bits per heavy atom. The molecule has 0 saturated carbocycles. The van der Waals surface area contributed by atoms with Crippen LogP contribution >= 0.6 is 0 Å². The van der Waals surface area contributed by atoms with Crippen LogP contribution in [-0.2, 0) is 9.53 Å². The molecule has 0 radical (unpaired) electrons. The van der Waals surface area contributed by atoms with Gasteiger partial charge in [-0.05, 0) is 56.7 Å². The van der Waals surface area contributed by atoms with Crippen molar-refractivity contribution < 1.29 is 14.3 Å². The molecule has 6 heteroatoms. The summed E-state index contributed by atoms with van der Waals surface area (Å²) in [6.45, 7) is 5.54. The molecule has 0 aliphatic rings. The van der Waals surface area contributed by atoms with Crippen LogP contribution in [0.3, 0.4) is 0 Å². The Morgan fingerprint density at radius 3 is 2.31 bits per heavy atom. The molecule has 3 aromatic rings. The van der Waals surface area contributed by atoms with Crippen LogP contribution in [0.2, 0.25) is 0 Å². The zero-order chi connectivity index (χ0) is 21.0. The molecule has 1 atom stereocenters. The summed E-state index contributed by atoms with van der Waals surface area (Å²) in [6.07, 6.45) is 0. The fraction of sp³-hybridized carbons (Fsp3) is 0.261. The predicted molar refractivity (Wildman–Crippen MR) is 111 cm³/mol. The number of aryl methyl sites for hydroxylation is 2. The highest BCUT2D eigenvalue weighted by molar-refractivity contribution is 5.91. The van der Waals surface area contributed by atoms with Crippen LogP contribution in [0.15, 0.2) is 60.7 Å². The van der Waals surface area contributed by atoms with E-state index in [-0.39, 0.29) is 18.6 Å². The molecule has 1 heterocycles. The highest BCUT2D eigenvalue weighted by Gasteiger charge is 2.19. The van der Waals surface area contributed by atoms with Gasteiger partial charge in [-0.2, -0.15) is 5.10 Å². The first-order chi connectivity index (χ1) is 13.9. The summed E-state index contributed by atoms with van der Waals surface area (Å²) in [4.78, 5) is 26.3. The van der Waals surface area contributed by atoms with Gasteiger partial charge in [0.15, 0.2) is 6.61 Å². The highest BCUT2D eigenvalue weighted by Crippen LogP contribution is 2.18. The average molecular weight is 391 g/mol. The summed E-state index contributed by atoms with van der Waals surface area (Å²) in [5, 5.41) is 4.43. The second kappa shape index (κ2) is 8.73. The van der Waals surface area contributed by atoms with E-state index in [9.17, 15) is 9.59 Å². The van der Waals surface area contributed by atoms with Gasteiger partial charge in [-0.1, -0.05) is 30.3 Å². The minimum atomic E-state index is -0.529. The first kappa shape index (κ1) is 20.3. The zero-order valence-corrected chi connectivity index (χ0v) is 17.1. The van der Waals surface area contributed by atoms with Crippen LogP contribution in [0, 0.1) is 13.8 Å². The second-order valence-corrected chi connectivity index (χ2v) is 7.05. The Hall–Kier alpha value is -3.41. The monoisotopic (exact) mass is 391 g/mol. The maximum absolute atomic E-state index is 12.4. The third-order valence-electron chi connectivity index (χ3n) is 4.94. The summed E-state index contributed by atoms with van der Waals surface area (Å²) in [5.41, 5.74) is 4.22. The number of amides is 1. The summed E-state index contributed by atoms with van der Waals surface area (Å²) < 4.78 is 7.03. The van der Waals surface area contributed by atoms with Gasteiger partial charge in [-0.3, -0.25) is 4.79 Å². The van der Waals surface area contributed by atoms with E-state index >= 15 is 0 Å². The summed E-state index contributed by atoms with van der Waals surface area (Å²) in [5.74, 6) is -0.784. The Kier molecular flexibility index (Phi) is 6.12. The number of esters is 1. The number of likely N-dealkylation sites (N-methyl/N-ethyl adjacent to an activating group) is 1. The van der Waals surface area contributed by atoms with Crippen LogP contribution in [0.1, 0.15) is 40.3 Å². The number of carbonyl (C=O) groups excluding carboxylic acids is 2. The van der Waals surface area contributed by atoms with Gasteiger partial charge in [0, 0.05) is 12.7 Å². The Morgan fingerprint density at radius 2 is 1.72 bits per heavy atom. The number of carbonyl (C=O) groups is 2. The lowest BCUT2D eigenvalue weighted by atomic mass is 10.1. The summed E-state index contributed by atoms with van der Waals surface area (Å²) in [7, 11) is 1.71. The molecule has 1 amide bonds. The molecule has 0 bridgehead atoms. The molecule has 2 aromatic carbocycles. The number of hydrogen-bond donors (Lipinski definition) is 0. The van der Waals surface area contributed by atoms with Crippen LogP contribution < -0.4 is 0 Å². The van der Waals surface area contributed by atoms with Crippen molar-refractivity contribution in [2.24, 2.45) is 0 Å². The smallest absolute Gasteiger partial charge is 0.338 e. The molecule has 3 rings (SSSR count). The third kappa shape index (κ3) is 4.71. The molecule has 0 aliphatic heterocycles. The number of nitrogens with zero attached hydrogens (tertiary/aromatic N) is 3. The number of rotatable bonds is 6. The topological polar surface area (TPSA) is 64.4 Å². The SMILES string of the molecule is Cc1cc(C)n(-c2ccc(C(=O)OCC(=O)N(C)C(C)c3ccccc3)cc2)n1. The molecule has 1 aromatic heterocycles. The Balaban J connectivity index is 1.59.